The molecule has 8 heteroatoms. The highest BCUT2D eigenvalue weighted by Crippen LogP contribution is 2.34. The number of thiophene rings is 1. The highest BCUT2D eigenvalue weighted by atomic mass is 32.2. The number of nitrogens with one attached hydrogen (secondary N) is 1. The number of hydrogen-bond donors (Lipinski definition) is 1. The van der Waals surface area contributed by atoms with Crippen LogP contribution in [-0.2, 0) is 21.4 Å². The van der Waals surface area contributed by atoms with Gasteiger partial charge in [-0.25, -0.2) is 8.42 Å². The molecular weight excluding hydrogens is 336 g/mol. The van der Waals surface area contributed by atoms with Gasteiger partial charge >= 0.3 is 0 Å². The van der Waals surface area contributed by atoms with Gasteiger partial charge in [0.1, 0.15) is 5.75 Å². The normalized spacial score (nSPS) is 14.3. The number of benzene rings is 1. The highest BCUT2D eigenvalue weighted by molar-refractivity contribution is 7.89. The van der Waals surface area contributed by atoms with Crippen molar-refractivity contribution in [3.8, 4) is 5.75 Å². The Labute approximate surface area is 138 Å². The number of ether oxygens (including phenoxy) is 1. The molecule has 1 aromatic carbocycles. The van der Waals surface area contributed by atoms with Crippen molar-refractivity contribution < 1.29 is 17.9 Å². The van der Waals surface area contributed by atoms with E-state index in [4.69, 9.17) is 4.74 Å². The first kappa shape index (κ1) is 16.0. The third-order valence-corrected chi connectivity index (χ3v) is 6.36. The molecule has 0 spiro atoms. The molecule has 0 bridgehead atoms. The lowest BCUT2D eigenvalue weighted by molar-refractivity contribution is -0.118. The van der Waals surface area contributed by atoms with Crippen molar-refractivity contribution in [3.63, 3.8) is 0 Å². The van der Waals surface area contributed by atoms with E-state index in [0.717, 1.165) is 4.88 Å². The van der Waals surface area contributed by atoms with Gasteiger partial charge < -0.3 is 10.1 Å². The van der Waals surface area contributed by atoms with Gasteiger partial charge in [-0.1, -0.05) is 6.07 Å². The summed E-state index contributed by atoms with van der Waals surface area (Å²) in [5.41, 5.74) is 1.06. The summed E-state index contributed by atoms with van der Waals surface area (Å²) < 4.78 is 32.3. The number of carbonyl (C=O) groups excluding carboxylic acids is 1. The van der Waals surface area contributed by atoms with Gasteiger partial charge in [0.05, 0.1) is 10.6 Å². The van der Waals surface area contributed by atoms with Crippen LogP contribution in [0.5, 0.6) is 5.75 Å². The number of fused-ring (bicyclic) bond motifs is 1. The van der Waals surface area contributed by atoms with Gasteiger partial charge in [0.25, 0.3) is 5.91 Å². The summed E-state index contributed by atoms with van der Waals surface area (Å²) in [7, 11) is -2.09. The number of anilines is 1. The molecule has 0 radical (unpaired) electrons. The molecule has 1 aromatic heterocycles. The van der Waals surface area contributed by atoms with Crippen LogP contribution in [0, 0.1) is 6.92 Å². The Hall–Kier alpha value is -1.90. The molecule has 23 heavy (non-hydrogen) atoms. The van der Waals surface area contributed by atoms with Crippen molar-refractivity contribution in [2.45, 2.75) is 18.4 Å². The van der Waals surface area contributed by atoms with Crippen LogP contribution < -0.4 is 10.1 Å². The second kappa shape index (κ2) is 5.95. The lowest BCUT2D eigenvalue weighted by atomic mass is 10.2. The summed E-state index contributed by atoms with van der Waals surface area (Å²) in [5, 5.41) is 4.59. The highest BCUT2D eigenvalue weighted by Gasteiger charge is 2.27. The Morgan fingerprint density at radius 1 is 1.39 bits per heavy atom. The van der Waals surface area contributed by atoms with Crippen molar-refractivity contribution in [3.05, 3.63) is 40.1 Å². The molecule has 1 aliphatic heterocycles. The Morgan fingerprint density at radius 2 is 2.17 bits per heavy atom. The molecule has 0 saturated heterocycles. The van der Waals surface area contributed by atoms with Crippen LogP contribution in [0.1, 0.15) is 10.4 Å². The Bertz CT molecular complexity index is 845. The quantitative estimate of drug-likeness (QED) is 0.915. The lowest BCUT2D eigenvalue weighted by Crippen LogP contribution is -2.28. The average Bonchev–Trinajstić information content (AvgIpc) is 2.99. The molecule has 0 unspecified atom stereocenters. The summed E-state index contributed by atoms with van der Waals surface area (Å²) >= 11 is 1.51. The second-order valence-corrected chi connectivity index (χ2v) is 8.34. The second-order valence-electron chi connectivity index (χ2n) is 5.29. The fraction of sp³-hybridized carbons (Fsp3) is 0.267. The number of nitrogens with zero attached hydrogens (tertiary/aromatic N) is 1. The van der Waals surface area contributed by atoms with Crippen molar-refractivity contribution >= 4 is 33.0 Å². The van der Waals surface area contributed by atoms with E-state index >= 15 is 0 Å². The maximum Gasteiger partial charge on any atom is 0.262 e. The zero-order valence-electron chi connectivity index (χ0n) is 12.7. The fourth-order valence-electron chi connectivity index (χ4n) is 2.37. The average molecular weight is 352 g/mol. The number of amides is 1. The first-order valence-electron chi connectivity index (χ1n) is 6.94. The number of rotatable bonds is 4. The molecule has 0 aliphatic carbocycles. The van der Waals surface area contributed by atoms with E-state index < -0.39 is 10.0 Å². The van der Waals surface area contributed by atoms with Crippen molar-refractivity contribution in [2.75, 3.05) is 19.0 Å². The monoisotopic (exact) mass is 352 g/mol. The van der Waals surface area contributed by atoms with E-state index in [1.54, 1.807) is 20.0 Å². The largest absolute Gasteiger partial charge is 0.482 e. The van der Waals surface area contributed by atoms with E-state index in [0.29, 0.717) is 23.5 Å². The van der Waals surface area contributed by atoms with Crippen LogP contribution in [0.2, 0.25) is 0 Å². The van der Waals surface area contributed by atoms with Gasteiger partial charge in [-0.05, 0) is 30.0 Å². The molecule has 1 amide bonds. The molecule has 0 atom stereocenters. The molecule has 122 valence electrons. The van der Waals surface area contributed by atoms with E-state index in [1.807, 2.05) is 17.5 Å². The summed E-state index contributed by atoms with van der Waals surface area (Å²) in [6, 6.07) is 6.89. The first-order chi connectivity index (χ1) is 10.9. The van der Waals surface area contributed by atoms with Crippen LogP contribution in [0.4, 0.5) is 5.69 Å². The third-order valence-electron chi connectivity index (χ3n) is 3.56. The van der Waals surface area contributed by atoms with E-state index in [-0.39, 0.29) is 17.4 Å². The maximum atomic E-state index is 12.8. The first-order valence-corrected chi connectivity index (χ1v) is 9.26. The van der Waals surface area contributed by atoms with Crippen LogP contribution in [-0.4, -0.2) is 32.3 Å². The van der Waals surface area contributed by atoms with Gasteiger partial charge in [0, 0.05) is 24.5 Å². The minimum atomic E-state index is -3.65. The molecule has 1 N–H and O–H groups in total. The zero-order chi connectivity index (χ0) is 16.6. The number of aryl methyl sites for hydroxylation is 1. The molecule has 0 saturated carbocycles. The maximum absolute atomic E-state index is 12.8. The van der Waals surface area contributed by atoms with Crippen LogP contribution in [0.25, 0.3) is 0 Å². The summed E-state index contributed by atoms with van der Waals surface area (Å²) in [6.07, 6.45) is 0. The minimum absolute atomic E-state index is 0.111. The lowest BCUT2D eigenvalue weighted by Gasteiger charge is -2.22. The van der Waals surface area contributed by atoms with Gasteiger partial charge in [-0.3, -0.25) is 4.79 Å². The Morgan fingerprint density at radius 3 is 2.87 bits per heavy atom. The third kappa shape index (κ3) is 3.10. The van der Waals surface area contributed by atoms with Crippen LogP contribution >= 0.6 is 11.3 Å². The molecule has 2 heterocycles. The van der Waals surface area contributed by atoms with Crippen molar-refractivity contribution in [2.24, 2.45) is 0 Å². The molecule has 1 aliphatic rings. The van der Waals surface area contributed by atoms with E-state index in [9.17, 15) is 13.2 Å². The predicted octanol–water partition coefficient (Wildman–Crippen LogP) is 2.21. The van der Waals surface area contributed by atoms with Gasteiger partial charge in [0.15, 0.2) is 6.61 Å². The molecule has 0 fully saturated rings. The summed E-state index contributed by atoms with van der Waals surface area (Å²) in [4.78, 5) is 12.5. The Kier molecular flexibility index (Phi) is 4.13. The summed E-state index contributed by atoms with van der Waals surface area (Å²) in [6.45, 7) is 1.90. The number of hydrogen-bond acceptors (Lipinski definition) is 5. The van der Waals surface area contributed by atoms with E-state index in [1.165, 1.54) is 21.7 Å². The number of carbonyl (C=O) groups is 1. The molecule has 6 nitrogen and oxygen atoms in total. The van der Waals surface area contributed by atoms with Gasteiger partial charge in [-0.15, -0.1) is 11.3 Å². The standard InChI is InChI=1S/C15H16N2O4S2/c1-10-6-12-13(21-9-15(18)16-12)7-14(10)23(19,20)17(2)8-11-4-3-5-22-11/h3-7H,8-9H2,1-2H3,(H,16,18). The topological polar surface area (TPSA) is 75.7 Å². The minimum Gasteiger partial charge on any atom is -0.482 e. The van der Waals surface area contributed by atoms with Crippen molar-refractivity contribution in [1.29, 1.82) is 0 Å². The molecule has 3 rings (SSSR count). The smallest absolute Gasteiger partial charge is 0.262 e. The predicted molar refractivity (Wildman–Crippen MR) is 88.3 cm³/mol. The van der Waals surface area contributed by atoms with Crippen molar-refractivity contribution in [1.82, 2.24) is 4.31 Å². The Balaban J connectivity index is 1.95. The van der Waals surface area contributed by atoms with Crippen LogP contribution in [0.3, 0.4) is 0 Å². The number of sulfonamides is 1. The van der Waals surface area contributed by atoms with Gasteiger partial charge in [0.2, 0.25) is 10.0 Å². The van der Waals surface area contributed by atoms with Crippen LogP contribution in [0.15, 0.2) is 34.5 Å². The zero-order valence-corrected chi connectivity index (χ0v) is 14.3. The van der Waals surface area contributed by atoms with Gasteiger partial charge in [-0.2, -0.15) is 4.31 Å². The molecule has 2 aromatic rings. The van der Waals surface area contributed by atoms with E-state index in [2.05, 4.69) is 5.32 Å². The molecular formula is C15H16N2O4S2. The SMILES string of the molecule is Cc1cc2c(cc1S(=O)(=O)N(C)Cc1cccs1)OCC(=O)N2. The summed E-state index contributed by atoms with van der Waals surface area (Å²) in [5.74, 6) is 0.126. The fourth-order valence-corrected chi connectivity index (χ4v) is 4.57.